The summed E-state index contributed by atoms with van der Waals surface area (Å²) in [5.74, 6) is -1.99. The molecular weight excluding hydrogens is 250 g/mol. The van der Waals surface area contributed by atoms with Gasteiger partial charge in [0.05, 0.1) is 5.41 Å². The van der Waals surface area contributed by atoms with Gasteiger partial charge in [-0.1, -0.05) is 13.3 Å². The van der Waals surface area contributed by atoms with Crippen molar-refractivity contribution in [1.82, 2.24) is 5.32 Å². The first-order chi connectivity index (χ1) is 9.07. The SMILES string of the molecule is CCCC1(C(=O)Nc2ccc(F)c(F)c2)CCNC1. The maximum atomic E-state index is 13.1. The van der Waals surface area contributed by atoms with Crippen molar-refractivity contribution < 1.29 is 13.6 Å². The predicted octanol–water partition coefficient (Wildman–Crippen LogP) is 2.68. The molecule has 2 rings (SSSR count). The van der Waals surface area contributed by atoms with Gasteiger partial charge >= 0.3 is 0 Å². The molecule has 3 nitrogen and oxygen atoms in total. The third kappa shape index (κ3) is 2.92. The molecule has 1 aliphatic heterocycles. The van der Waals surface area contributed by atoms with E-state index in [0.29, 0.717) is 12.2 Å². The predicted molar refractivity (Wildman–Crippen MR) is 69.8 cm³/mol. The largest absolute Gasteiger partial charge is 0.325 e. The molecule has 0 aromatic heterocycles. The summed E-state index contributed by atoms with van der Waals surface area (Å²) in [6, 6.07) is 3.40. The van der Waals surface area contributed by atoms with Crippen molar-refractivity contribution >= 4 is 11.6 Å². The van der Waals surface area contributed by atoms with Crippen LogP contribution in [-0.2, 0) is 4.79 Å². The molecule has 19 heavy (non-hydrogen) atoms. The van der Waals surface area contributed by atoms with Gasteiger partial charge in [-0.2, -0.15) is 0 Å². The van der Waals surface area contributed by atoms with Crippen LogP contribution in [0.5, 0.6) is 0 Å². The average Bonchev–Trinajstić information content (AvgIpc) is 2.84. The topological polar surface area (TPSA) is 41.1 Å². The summed E-state index contributed by atoms with van der Waals surface area (Å²) in [4.78, 5) is 12.4. The molecule has 0 saturated carbocycles. The highest BCUT2D eigenvalue weighted by Crippen LogP contribution is 2.32. The Balaban J connectivity index is 2.12. The molecule has 5 heteroatoms. The first-order valence-corrected chi connectivity index (χ1v) is 6.54. The molecule has 1 saturated heterocycles. The number of benzene rings is 1. The Morgan fingerprint density at radius 1 is 1.42 bits per heavy atom. The van der Waals surface area contributed by atoms with E-state index >= 15 is 0 Å². The fraction of sp³-hybridized carbons (Fsp3) is 0.500. The highest BCUT2D eigenvalue weighted by atomic mass is 19.2. The van der Waals surface area contributed by atoms with Gasteiger partial charge in [0.1, 0.15) is 0 Å². The van der Waals surface area contributed by atoms with Crippen LogP contribution in [0, 0.1) is 17.0 Å². The number of hydrogen-bond donors (Lipinski definition) is 2. The smallest absolute Gasteiger partial charge is 0.231 e. The Labute approximate surface area is 111 Å². The number of amides is 1. The van der Waals surface area contributed by atoms with Crippen LogP contribution in [0.15, 0.2) is 18.2 Å². The summed E-state index contributed by atoms with van der Waals surface area (Å²) < 4.78 is 25.9. The monoisotopic (exact) mass is 268 g/mol. The van der Waals surface area contributed by atoms with Gasteiger partial charge in [-0.15, -0.1) is 0 Å². The van der Waals surface area contributed by atoms with E-state index in [1.807, 2.05) is 6.92 Å². The first kappa shape index (κ1) is 13.9. The zero-order chi connectivity index (χ0) is 13.9. The van der Waals surface area contributed by atoms with Gasteiger partial charge < -0.3 is 10.6 Å². The molecule has 1 amide bonds. The van der Waals surface area contributed by atoms with Crippen molar-refractivity contribution in [2.75, 3.05) is 18.4 Å². The summed E-state index contributed by atoms with van der Waals surface area (Å²) >= 11 is 0. The summed E-state index contributed by atoms with van der Waals surface area (Å²) in [5, 5.41) is 5.88. The molecule has 104 valence electrons. The number of anilines is 1. The highest BCUT2D eigenvalue weighted by Gasteiger charge is 2.40. The standard InChI is InChI=1S/C14H18F2N2O/c1-2-5-14(6-7-17-9-14)13(19)18-10-3-4-11(15)12(16)8-10/h3-4,8,17H,2,5-7,9H2,1H3,(H,18,19). The molecule has 1 aromatic rings. The molecule has 2 N–H and O–H groups in total. The Morgan fingerprint density at radius 3 is 2.79 bits per heavy atom. The number of carbonyl (C=O) groups excluding carboxylic acids is 1. The van der Waals surface area contributed by atoms with Crippen LogP contribution in [0.4, 0.5) is 14.5 Å². The molecule has 0 radical (unpaired) electrons. The summed E-state index contributed by atoms with van der Waals surface area (Å²) in [6.07, 6.45) is 2.47. The van der Waals surface area contributed by atoms with E-state index < -0.39 is 17.0 Å². The summed E-state index contributed by atoms with van der Waals surface area (Å²) in [5.41, 5.74) is -0.133. The minimum atomic E-state index is -0.952. The molecule has 1 aliphatic rings. The van der Waals surface area contributed by atoms with E-state index in [1.165, 1.54) is 6.07 Å². The molecule has 0 spiro atoms. The Bertz CT molecular complexity index is 471. The van der Waals surface area contributed by atoms with Crippen molar-refractivity contribution in [2.24, 2.45) is 5.41 Å². The average molecular weight is 268 g/mol. The number of halogens is 2. The van der Waals surface area contributed by atoms with Gasteiger partial charge in [0, 0.05) is 18.3 Å². The van der Waals surface area contributed by atoms with E-state index in [2.05, 4.69) is 10.6 Å². The number of hydrogen-bond acceptors (Lipinski definition) is 2. The zero-order valence-corrected chi connectivity index (χ0v) is 10.9. The third-order valence-corrected chi connectivity index (χ3v) is 3.63. The Kier molecular flexibility index (Phi) is 4.14. The Hall–Kier alpha value is -1.49. The fourth-order valence-electron chi connectivity index (χ4n) is 2.58. The van der Waals surface area contributed by atoms with E-state index in [9.17, 15) is 13.6 Å². The summed E-state index contributed by atoms with van der Waals surface area (Å²) in [6.45, 7) is 3.48. The number of nitrogens with one attached hydrogen (secondary N) is 2. The minimum Gasteiger partial charge on any atom is -0.325 e. The normalized spacial score (nSPS) is 22.5. The van der Waals surface area contributed by atoms with Gasteiger partial charge in [-0.05, 0) is 31.5 Å². The second kappa shape index (κ2) is 5.65. The molecule has 0 aliphatic carbocycles. The van der Waals surface area contributed by atoms with Crippen LogP contribution >= 0.6 is 0 Å². The van der Waals surface area contributed by atoms with Crippen molar-refractivity contribution in [3.05, 3.63) is 29.8 Å². The molecular formula is C14H18F2N2O. The Morgan fingerprint density at radius 2 is 2.21 bits per heavy atom. The van der Waals surface area contributed by atoms with E-state index in [-0.39, 0.29) is 5.91 Å². The third-order valence-electron chi connectivity index (χ3n) is 3.63. The maximum absolute atomic E-state index is 13.1. The van der Waals surface area contributed by atoms with Crippen molar-refractivity contribution in [1.29, 1.82) is 0 Å². The number of carbonyl (C=O) groups is 1. The lowest BCUT2D eigenvalue weighted by molar-refractivity contribution is -0.125. The maximum Gasteiger partial charge on any atom is 0.231 e. The molecule has 0 bridgehead atoms. The molecule has 1 atom stereocenters. The van der Waals surface area contributed by atoms with Gasteiger partial charge in [0.15, 0.2) is 11.6 Å². The first-order valence-electron chi connectivity index (χ1n) is 6.54. The quantitative estimate of drug-likeness (QED) is 0.881. The second-order valence-corrected chi connectivity index (χ2v) is 5.04. The second-order valence-electron chi connectivity index (χ2n) is 5.04. The number of rotatable bonds is 4. The highest BCUT2D eigenvalue weighted by molar-refractivity contribution is 5.95. The van der Waals surface area contributed by atoms with Crippen LogP contribution in [0.2, 0.25) is 0 Å². The lowest BCUT2D eigenvalue weighted by atomic mass is 9.81. The van der Waals surface area contributed by atoms with E-state index in [4.69, 9.17) is 0 Å². The molecule has 1 unspecified atom stereocenters. The van der Waals surface area contributed by atoms with Gasteiger partial charge in [-0.25, -0.2) is 8.78 Å². The fourth-order valence-corrected chi connectivity index (χ4v) is 2.58. The van der Waals surface area contributed by atoms with Crippen LogP contribution in [0.25, 0.3) is 0 Å². The zero-order valence-electron chi connectivity index (χ0n) is 10.9. The van der Waals surface area contributed by atoms with Crippen LogP contribution in [0.3, 0.4) is 0 Å². The van der Waals surface area contributed by atoms with Crippen LogP contribution in [-0.4, -0.2) is 19.0 Å². The molecule has 1 heterocycles. The van der Waals surface area contributed by atoms with Crippen molar-refractivity contribution in [3.63, 3.8) is 0 Å². The van der Waals surface area contributed by atoms with Gasteiger partial charge in [0.25, 0.3) is 0 Å². The lowest BCUT2D eigenvalue weighted by Crippen LogP contribution is -2.38. The molecule has 1 aromatic carbocycles. The van der Waals surface area contributed by atoms with E-state index in [1.54, 1.807) is 0 Å². The van der Waals surface area contributed by atoms with Crippen molar-refractivity contribution in [3.8, 4) is 0 Å². The summed E-state index contributed by atoms with van der Waals surface area (Å²) in [7, 11) is 0. The lowest BCUT2D eigenvalue weighted by Gasteiger charge is -2.26. The van der Waals surface area contributed by atoms with Crippen LogP contribution in [0.1, 0.15) is 26.2 Å². The van der Waals surface area contributed by atoms with Gasteiger partial charge in [0.2, 0.25) is 5.91 Å². The molecule has 1 fully saturated rings. The van der Waals surface area contributed by atoms with Crippen LogP contribution < -0.4 is 10.6 Å². The van der Waals surface area contributed by atoms with Crippen molar-refractivity contribution in [2.45, 2.75) is 26.2 Å². The van der Waals surface area contributed by atoms with Gasteiger partial charge in [-0.3, -0.25) is 4.79 Å². The minimum absolute atomic E-state index is 0.120. The van der Waals surface area contributed by atoms with E-state index in [0.717, 1.165) is 37.9 Å².